The Morgan fingerprint density at radius 1 is 0.250 bits per heavy atom. The second-order valence-electron chi connectivity index (χ2n) is 23.8. The van der Waals surface area contributed by atoms with Crippen molar-refractivity contribution in [2.75, 3.05) is 13.2 Å². The average molecular weight is 1070 g/mol. The van der Waals surface area contributed by atoms with E-state index < -0.39 is 6.10 Å². The number of allylic oxidation sites excluding steroid dienone is 2. The Bertz CT molecular complexity index is 1180. The van der Waals surface area contributed by atoms with Crippen molar-refractivity contribution in [2.45, 2.75) is 406 Å². The van der Waals surface area contributed by atoms with Crippen LogP contribution in [0.25, 0.3) is 0 Å². The van der Waals surface area contributed by atoms with Gasteiger partial charge >= 0.3 is 17.9 Å². The molecule has 0 aromatic heterocycles. The van der Waals surface area contributed by atoms with Crippen molar-refractivity contribution in [3.63, 3.8) is 0 Å². The monoisotopic (exact) mass is 1070 g/mol. The van der Waals surface area contributed by atoms with Gasteiger partial charge in [0, 0.05) is 19.3 Å². The van der Waals surface area contributed by atoms with Crippen molar-refractivity contribution in [3.05, 3.63) is 12.2 Å². The Morgan fingerprint density at radius 3 is 0.658 bits per heavy atom. The summed E-state index contributed by atoms with van der Waals surface area (Å²) in [6, 6.07) is 0. The summed E-state index contributed by atoms with van der Waals surface area (Å²) in [7, 11) is 0. The number of ether oxygens (including phenoxy) is 3. The van der Waals surface area contributed by atoms with E-state index in [4.69, 9.17) is 14.2 Å². The van der Waals surface area contributed by atoms with E-state index in [1.54, 1.807) is 0 Å². The van der Waals surface area contributed by atoms with Crippen molar-refractivity contribution in [1.82, 2.24) is 0 Å². The van der Waals surface area contributed by atoms with Gasteiger partial charge in [-0.25, -0.2) is 0 Å². The van der Waals surface area contributed by atoms with E-state index in [1.807, 2.05) is 0 Å². The summed E-state index contributed by atoms with van der Waals surface area (Å²) in [5, 5.41) is 0. The molecule has 0 aromatic carbocycles. The fraction of sp³-hybridized carbons (Fsp3) is 0.929. The van der Waals surface area contributed by atoms with Gasteiger partial charge in [0.2, 0.25) is 0 Å². The van der Waals surface area contributed by atoms with Crippen LogP contribution in [-0.4, -0.2) is 37.2 Å². The molecule has 0 spiro atoms. The Morgan fingerprint density at radius 2 is 0.434 bits per heavy atom. The van der Waals surface area contributed by atoms with Crippen molar-refractivity contribution in [1.29, 1.82) is 0 Å². The molecule has 0 aliphatic heterocycles. The van der Waals surface area contributed by atoms with Gasteiger partial charge in [0.15, 0.2) is 6.10 Å². The van der Waals surface area contributed by atoms with Gasteiger partial charge in [-0.2, -0.15) is 0 Å². The Balaban J connectivity index is 4.14. The molecule has 0 saturated carbocycles. The predicted octanol–water partition coefficient (Wildman–Crippen LogP) is 23.6. The van der Waals surface area contributed by atoms with Gasteiger partial charge in [-0.3, -0.25) is 14.4 Å². The van der Waals surface area contributed by atoms with Gasteiger partial charge in [-0.15, -0.1) is 0 Å². The predicted molar refractivity (Wildman–Crippen MR) is 330 cm³/mol. The number of carbonyl (C=O) groups is 3. The third-order valence-corrected chi connectivity index (χ3v) is 16.0. The number of rotatable bonds is 65. The van der Waals surface area contributed by atoms with Crippen molar-refractivity contribution in [2.24, 2.45) is 0 Å². The molecule has 0 bridgehead atoms. The van der Waals surface area contributed by atoms with Crippen LogP contribution in [0, 0.1) is 0 Å². The van der Waals surface area contributed by atoms with Crippen LogP contribution >= 0.6 is 0 Å². The zero-order chi connectivity index (χ0) is 55.0. The standard InChI is InChI=1S/C70H134O6/c1-4-7-10-13-16-19-22-24-26-28-30-32-34-35-37-38-40-42-44-46-48-51-54-57-60-63-69(72)75-66-67(65-74-68(71)62-59-56-53-50-21-18-15-12-9-6-3)76-70(73)64-61-58-55-52-49-47-45-43-41-39-36-33-31-29-27-25-23-20-17-14-11-8-5-2/h28,30,67H,4-27,29,31-66H2,1-3H3/b30-28-. The quantitative estimate of drug-likeness (QED) is 0.0261. The molecule has 76 heavy (non-hydrogen) atoms. The van der Waals surface area contributed by atoms with E-state index in [9.17, 15) is 14.4 Å². The van der Waals surface area contributed by atoms with Crippen molar-refractivity contribution in [3.8, 4) is 0 Å². The first-order valence-electron chi connectivity index (χ1n) is 34.7. The third-order valence-electron chi connectivity index (χ3n) is 16.0. The smallest absolute Gasteiger partial charge is 0.306 e. The van der Waals surface area contributed by atoms with Crippen LogP contribution in [0.4, 0.5) is 0 Å². The first-order valence-corrected chi connectivity index (χ1v) is 34.7. The minimum absolute atomic E-state index is 0.0632. The van der Waals surface area contributed by atoms with Gasteiger partial charge in [0.1, 0.15) is 13.2 Å². The van der Waals surface area contributed by atoms with E-state index in [2.05, 4.69) is 32.9 Å². The summed E-state index contributed by atoms with van der Waals surface area (Å²) >= 11 is 0. The van der Waals surface area contributed by atoms with Gasteiger partial charge < -0.3 is 14.2 Å². The van der Waals surface area contributed by atoms with Crippen LogP contribution in [0.1, 0.15) is 400 Å². The van der Waals surface area contributed by atoms with Crippen LogP contribution < -0.4 is 0 Å². The molecule has 0 heterocycles. The first-order chi connectivity index (χ1) is 37.5. The minimum atomic E-state index is -0.765. The van der Waals surface area contributed by atoms with Crippen molar-refractivity contribution >= 4 is 17.9 Å². The van der Waals surface area contributed by atoms with Gasteiger partial charge in [-0.1, -0.05) is 348 Å². The van der Waals surface area contributed by atoms with E-state index in [-0.39, 0.29) is 31.1 Å². The van der Waals surface area contributed by atoms with Crippen LogP contribution in [0.2, 0.25) is 0 Å². The summed E-state index contributed by atoms with van der Waals surface area (Å²) in [6.45, 7) is 6.71. The number of esters is 3. The van der Waals surface area contributed by atoms with E-state index in [0.717, 1.165) is 57.8 Å². The molecule has 0 aliphatic rings. The Kier molecular flexibility index (Phi) is 64.1. The molecule has 0 fully saturated rings. The molecule has 0 amide bonds. The molecule has 0 radical (unpaired) electrons. The van der Waals surface area contributed by atoms with E-state index in [0.29, 0.717) is 19.3 Å². The fourth-order valence-corrected chi connectivity index (χ4v) is 10.8. The molecule has 0 rings (SSSR count). The second kappa shape index (κ2) is 65.7. The molecule has 0 saturated heterocycles. The minimum Gasteiger partial charge on any atom is -0.462 e. The molecule has 0 N–H and O–H groups in total. The second-order valence-corrected chi connectivity index (χ2v) is 23.8. The average Bonchev–Trinajstić information content (AvgIpc) is 3.42. The highest BCUT2D eigenvalue weighted by atomic mass is 16.6. The summed E-state index contributed by atoms with van der Waals surface area (Å²) in [6.07, 6.45) is 78.2. The zero-order valence-corrected chi connectivity index (χ0v) is 51.8. The van der Waals surface area contributed by atoms with Crippen molar-refractivity contribution < 1.29 is 28.6 Å². The maximum absolute atomic E-state index is 12.9. The lowest BCUT2D eigenvalue weighted by Crippen LogP contribution is -2.30. The Labute approximate surface area is 475 Å². The summed E-state index contributed by atoms with van der Waals surface area (Å²) in [4.78, 5) is 38.3. The molecule has 0 aliphatic carbocycles. The third kappa shape index (κ3) is 63.0. The van der Waals surface area contributed by atoms with E-state index in [1.165, 1.54) is 302 Å². The number of unbranched alkanes of at least 4 members (excludes halogenated alkanes) is 52. The fourth-order valence-electron chi connectivity index (χ4n) is 10.8. The van der Waals surface area contributed by atoms with Crippen LogP contribution in [-0.2, 0) is 28.6 Å². The van der Waals surface area contributed by atoms with Gasteiger partial charge in [-0.05, 0) is 44.9 Å². The molecule has 6 heteroatoms. The highest BCUT2D eigenvalue weighted by Crippen LogP contribution is 2.19. The Hall–Kier alpha value is -1.85. The molecule has 6 nitrogen and oxygen atoms in total. The van der Waals surface area contributed by atoms with Crippen LogP contribution in [0.5, 0.6) is 0 Å². The number of carbonyl (C=O) groups excluding carboxylic acids is 3. The molecule has 0 aromatic rings. The zero-order valence-electron chi connectivity index (χ0n) is 51.8. The normalized spacial score (nSPS) is 12.0. The summed E-state index contributed by atoms with van der Waals surface area (Å²) in [5.41, 5.74) is 0. The topological polar surface area (TPSA) is 78.9 Å². The molecular formula is C70H134O6. The molecule has 1 unspecified atom stereocenters. The summed E-state index contributed by atoms with van der Waals surface area (Å²) < 4.78 is 17.0. The summed E-state index contributed by atoms with van der Waals surface area (Å²) in [5.74, 6) is -0.832. The highest BCUT2D eigenvalue weighted by Gasteiger charge is 2.19. The maximum atomic E-state index is 12.9. The highest BCUT2D eigenvalue weighted by molar-refractivity contribution is 5.71. The largest absolute Gasteiger partial charge is 0.462 e. The van der Waals surface area contributed by atoms with E-state index >= 15 is 0 Å². The molecule has 450 valence electrons. The first kappa shape index (κ1) is 74.2. The number of hydrogen-bond acceptors (Lipinski definition) is 6. The SMILES string of the molecule is CCCCCCCCCC/C=C\CCCCCCCCCCCCCCCC(=O)OCC(COC(=O)CCCCCCCCCCCC)OC(=O)CCCCCCCCCCCCCCCCCCCCCCCCC. The molecule has 1 atom stereocenters. The lowest BCUT2D eigenvalue weighted by atomic mass is 10.0. The number of hydrogen-bond donors (Lipinski definition) is 0. The van der Waals surface area contributed by atoms with Crippen LogP contribution in [0.15, 0.2) is 12.2 Å². The lowest BCUT2D eigenvalue weighted by molar-refractivity contribution is -0.167. The lowest BCUT2D eigenvalue weighted by Gasteiger charge is -2.18. The maximum Gasteiger partial charge on any atom is 0.306 e. The van der Waals surface area contributed by atoms with Crippen LogP contribution in [0.3, 0.4) is 0 Å². The van der Waals surface area contributed by atoms with Gasteiger partial charge in [0.25, 0.3) is 0 Å². The molecular weight excluding hydrogens is 937 g/mol. The van der Waals surface area contributed by atoms with Gasteiger partial charge in [0.05, 0.1) is 0 Å².